The first-order chi connectivity index (χ1) is 9.54. The van der Waals surface area contributed by atoms with Gasteiger partial charge in [0, 0.05) is 28.6 Å². The largest absolute Gasteiger partial charge is 0.487 e. The van der Waals surface area contributed by atoms with Gasteiger partial charge in [-0.15, -0.1) is 11.3 Å². The molecule has 2 rings (SSSR count). The number of rotatable bonds is 6. The topological polar surface area (TPSA) is 34.1 Å². The fourth-order valence-electron chi connectivity index (χ4n) is 1.77. The zero-order valence-corrected chi connectivity index (χ0v) is 13.5. The highest BCUT2D eigenvalue weighted by Gasteiger charge is 2.07. The number of hydrogen-bond acceptors (Lipinski definition) is 4. The lowest BCUT2D eigenvalue weighted by Crippen LogP contribution is -2.22. The Morgan fingerprint density at radius 3 is 2.85 bits per heavy atom. The lowest BCUT2D eigenvalue weighted by Gasteiger charge is -2.13. The van der Waals surface area contributed by atoms with E-state index in [4.69, 9.17) is 16.3 Å². The highest BCUT2D eigenvalue weighted by molar-refractivity contribution is 7.09. The van der Waals surface area contributed by atoms with E-state index in [0.717, 1.165) is 33.6 Å². The van der Waals surface area contributed by atoms with E-state index in [1.807, 2.05) is 30.5 Å². The highest BCUT2D eigenvalue weighted by atomic mass is 35.5. The van der Waals surface area contributed by atoms with Crippen molar-refractivity contribution in [2.45, 2.75) is 40.0 Å². The summed E-state index contributed by atoms with van der Waals surface area (Å²) in [6.45, 7) is 7.45. The average molecular weight is 311 g/mol. The molecule has 0 aliphatic carbocycles. The van der Waals surface area contributed by atoms with E-state index in [9.17, 15) is 0 Å². The third-order valence-electron chi connectivity index (χ3n) is 2.77. The van der Waals surface area contributed by atoms with Crippen LogP contribution >= 0.6 is 22.9 Å². The molecule has 1 heterocycles. The van der Waals surface area contributed by atoms with Gasteiger partial charge in [0.15, 0.2) is 0 Å². The zero-order valence-electron chi connectivity index (χ0n) is 11.9. The van der Waals surface area contributed by atoms with Gasteiger partial charge in [-0.05, 0) is 25.1 Å². The van der Waals surface area contributed by atoms with E-state index in [0.29, 0.717) is 12.6 Å². The second-order valence-corrected chi connectivity index (χ2v) is 6.43. The summed E-state index contributed by atoms with van der Waals surface area (Å²) in [6, 6.07) is 6.13. The van der Waals surface area contributed by atoms with Crippen molar-refractivity contribution >= 4 is 22.9 Å². The van der Waals surface area contributed by atoms with Crippen LogP contribution in [0.15, 0.2) is 23.6 Å². The first kappa shape index (κ1) is 15.3. The van der Waals surface area contributed by atoms with Gasteiger partial charge in [0.1, 0.15) is 12.4 Å². The molecule has 0 fully saturated rings. The predicted molar refractivity (Wildman–Crippen MR) is 84.6 cm³/mol. The molecule has 0 spiro atoms. The van der Waals surface area contributed by atoms with Crippen LogP contribution in [0.4, 0.5) is 0 Å². The molecule has 3 nitrogen and oxygen atoms in total. The summed E-state index contributed by atoms with van der Waals surface area (Å²) >= 11 is 7.69. The van der Waals surface area contributed by atoms with Crippen molar-refractivity contribution in [3.05, 3.63) is 44.9 Å². The number of thiazole rings is 1. The maximum absolute atomic E-state index is 6.06. The molecule has 1 aromatic carbocycles. The number of ether oxygens (including phenoxy) is 1. The lowest BCUT2D eigenvalue weighted by molar-refractivity contribution is 0.297. The van der Waals surface area contributed by atoms with Crippen molar-refractivity contribution in [3.8, 4) is 5.75 Å². The van der Waals surface area contributed by atoms with Gasteiger partial charge in [-0.25, -0.2) is 4.98 Å². The number of aromatic nitrogens is 1. The minimum absolute atomic E-state index is 0.419. The van der Waals surface area contributed by atoms with Crippen LogP contribution in [0.1, 0.15) is 30.1 Å². The van der Waals surface area contributed by atoms with E-state index in [1.54, 1.807) is 11.3 Å². The Hall–Kier alpha value is -1.10. The van der Waals surface area contributed by atoms with Crippen LogP contribution < -0.4 is 10.1 Å². The minimum Gasteiger partial charge on any atom is -0.487 e. The Kier molecular flexibility index (Phi) is 5.40. The van der Waals surface area contributed by atoms with Crippen LogP contribution in [0.2, 0.25) is 5.02 Å². The van der Waals surface area contributed by atoms with Gasteiger partial charge >= 0.3 is 0 Å². The normalized spacial score (nSPS) is 11.1. The molecule has 108 valence electrons. The fourth-order valence-corrected chi connectivity index (χ4v) is 2.56. The van der Waals surface area contributed by atoms with E-state index >= 15 is 0 Å². The summed E-state index contributed by atoms with van der Waals surface area (Å²) in [5.74, 6) is 0.855. The van der Waals surface area contributed by atoms with Crippen LogP contribution in [-0.4, -0.2) is 11.0 Å². The van der Waals surface area contributed by atoms with Gasteiger partial charge < -0.3 is 10.1 Å². The van der Waals surface area contributed by atoms with Crippen molar-refractivity contribution in [3.63, 3.8) is 0 Å². The summed E-state index contributed by atoms with van der Waals surface area (Å²) in [4.78, 5) is 4.40. The standard InChI is InChI=1S/C15H19ClN2OS/c1-10(2)17-7-12-6-13(16)4-5-15(12)19-8-14-9-20-11(3)18-14/h4-6,9-10,17H,7-8H2,1-3H3. The van der Waals surface area contributed by atoms with Crippen LogP contribution in [0, 0.1) is 6.92 Å². The lowest BCUT2D eigenvalue weighted by atomic mass is 10.2. The second-order valence-electron chi connectivity index (χ2n) is 4.93. The molecule has 0 unspecified atom stereocenters. The molecular formula is C15H19ClN2OS. The molecule has 20 heavy (non-hydrogen) atoms. The van der Waals surface area contributed by atoms with E-state index in [1.165, 1.54) is 0 Å². The maximum Gasteiger partial charge on any atom is 0.131 e. The van der Waals surface area contributed by atoms with Crippen molar-refractivity contribution in [2.24, 2.45) is 0 Å². The van der Waals surface area contributed by atoms with E-state index < -0.39 is 0 Å². The number of nitrogens with zero attached hydrogens (tertiary/aromatic N) is 1. The van der Waals surface area contributed by atoms with Gasteiger partial charge in [-0.3, -0.25) is 0 Å². The molecular weight excluding hydrogens is 292 g/mol. The molecule has 0 saturated carbocycles. The Morgan fingerprint density at radius 1 is 1.40 bits per heavy atom. The molecule has 2 aromatic rings. The van der Waals surface area contributed by atoms with Gasteiger partial charge in [0.25, 0.3) is 0 Å². The molecule has 1 aromatic heterocycles. The Balaban J connectivity index is 2.05. The maximum atomic E-state index is 6.06. The first-order valence-electron chi connectivity index (χ1n) is 6.60. The van der Waals surface area contributed by atoms with Crippen LogP contribution in [0.25, 0.3) is 0 Å². The highest BCUT2D eigenvalue weighted by Crippen LogP contribution is 2.24. The first-order valence-corrected chi connectivity index (χ1v) is 7.86. The van der Waals surface area contributed by atoms with Crippen LogP contribution in [0.3, 0.4) is 0 Å². The van der Waals surface area contributed by atoms with Crippen LogP contribution in [-0.2, 0) is 13.2 Å². The van der Waals surface area contributed by atoms with Gasteiger partial charge in [0.2, 0.25) is 0 Å². The molecule has 0 aliphatic heterocycles. The molecule has 0 aliphatic rings. The molecule has 0 radical (unpaired) electrons. The van der Waals surface area contributed by atoms with Gasteiger partial charge in [-0.2, -0.15) is 0 Å². The Morgan fingerprint density at radius 2 is 2.20 bits per heavy atom. The number of benzene rings is 1. The quantitative estimate of drug-likeness (QED) is 0.869. The van der Waals surface area contributed by atoms with Crippen molar-refractivity contribution < 1.29 is 4.74 Å². The molecule has 0 saturated heterocycles. The number of nitrogens with one attached hydrogen (secondary N) is 1. The summed E-state index contributed by atoms with van der Waals surface area (Å²) < 4.78 is 5.87. The fraction of sp³-hybridized carbons (Fsp3) is 0.400. The van der Waals surface area contributed by atoms with Crippen molar-refractivity contribution in [2.75, 3.05) is 0 Å². The number of halogens is 1. The summed E-state index contributed by atoms with van der Waals surface area (Å²) in [5.41, 5.74) is 2.03. The smallest absolute Gasteiger partial charge is 0.131 e. The number of hydrogen-bond donors (Lipinski definition) is 1. The second kappa shape index (κ2) is 7.07. The van der Waals surface area contributed by atoms with Gasteiger partial charge in [-0.1, -0.05) is 25.4 Å². The van der Waals surface area contributed by atoms with Crippen molar-refractivity contribution in [1.82, 2.24) is 10.3 Å². The third kappa shape index (κ3) is 4.47. The summed E-state index contributed by atoms with van der Waals surface area (Å²) in [6.07, 6.45) is 0. The Labute approximate surface area is 129 Å². The molecule has 5 heteroatoms. The summed E-state index contributed by atoms with van der Waals surface area (Å²) in [7, 11) is 0. The molecule has 0 amide bonds. The minimum atomic E-state index is 0.419. The van der Waals surface area contributed by atoms with Gasteiger partial charge in [0.05, 0.1) is 10.7 Å². The van der Waals surface area contributed by atoms with E-state index in [-0.39, 0.29) is 0 Å². The number of aryl methyl sites for hydroxylation is 1. The average Bonchev–Trinajstić information content (AvgIpc) is 2.81. The molecule has 0 bridgehead atoms. The Bertz CT molecular complexity index is 569. The molecule has 1 N–H and O–H groups in total. The predicted octanol–water partition coefficient (Wildman–Crippen LogP) is 4.18. The summed E-state index contributed by atoms with van der Waals surface area (Å²) in [5, 5.41) is 7.19. The zero-order chi connectivity index (χ0) is 14.5. The van der Waals surface area contributed by atoms with Crippen LogP contribution in [0.5, 0.6) is 5.75 Å². The SMILES string of the molecule is Cc1nc(COc2ccc(Cl)cc2CNC(C)C)cs1. The monoisotopic (exact) mass is 310 g/mol. The van der Waals surface area contributed by atoms with Crippen molar-refractivity contribution in [1.29, 1.82) is 0 Å². The van der Waals surface area contributed by atoms with E-state index in [2.05, 4.69) is 24.1 Å². The third-order valence-corrected chi connectivity index (χ3v) is 3.82. The molecule has 0 atom stereocenters.